The number of nitrogens with zero attached hydrogens (tertiary/aromatic N) is 1. The highest BCUT2D eigenvalue weighted by molar-refractivity contribution is 7.09. The average molecular weight is 214 g/mol. The first-order valence-electron chi connectivity index (χ1n) is 5.03. The van der Waals surface area contributed by atoms with Gasteiger partial charge in [-0.3, -0.25) is 0 Å². The van der Waals surface area contributed by atoms with Crippen molar-refractivity contribution in [2.45, 2.75) is 26.3 Å². The van der Waals surface area contributed by atoms with Gasteiger partial charge in [0, 0.05) is 24.7 Å². The summed E-state index contributed by atoms with van der Waals surface area (Å²) in [5.74, 6) is 0.427. The number of hydrogen-bond acceptors (Lipinski definition) is 4. The second kappa shape index (κ2) is 6.92. The summed E-state index contributed by atoms with van der Waals surface area (Å²) in [6, 6.07) is 0. The Hall–Kier alpha value is -0.450. The summed E-state index contributed by atoms with van der Waals surface area (Å²) in [6.45, 7) is 4.24. The van der Waals surface area contributed by atoms with Crippen molar-refractivity contribution in [1.82, 2.24) is 10.3 Å². The van der Waals surface area contributed by atoms with Gasteiger partial charge in [0.05, 0.1) is 0 Å². The standard InChI is InChI=1S/C10H18N2OS/c1-9(8-13)3-2-4-11-7-10-12-5-6-14-10/h5-6,9,11,13H,2-4,7-8H2,1H3. The number of thiazole rings is 1. The highest BCUT2D eigenvalue weighted by atomic mass is 32.1. The van der Waals surface area contributed by atoms with Gasteiger partial charge in [-0.15, -0.1) is 11.3 Å². The maximum atomic E-state index is 8.81. The van der Waals surface area contributed by atoms with Crippen molar-refractivity contribution < 1.29 is 5.11 Å². The van der Waals surface area contributed by atoms with Crippen LogP contribution in [0, 0.1) is 5.92 Å². The topological polar surface area (TPSA) is 45.1 Å². The van der Waals surface area contributed by atoms with Gasteiger partial charge in [0.15, 0.2) is 0 Å². The molecule has 14 heavy (non-hydrogen) atoms. The summed E-state index contributed by atoms with van der Waals surface area (Å²) >= 11 is 1.68. The number of nitrogens with one attached hydrogen (secondary N) is 1. The lowest BCUT2D eigenvalue weighted by atomic mass is 10.1. The Labute approximate surface area is 89.2 Å². The molecular formula is C10H18N2OS. The highest BCUT2D eigenvalue weighted by Gasteiger charge is 1.99. The molecule has 1 atom stereocenters. The van der Waals surface area contributed by atoms with Gasteiger partial charge in [-0.2, -0.15) is 0 Å². The van der Waals surface area contributed by atoms with E-state index in [1.165, 1.54) is 0 Å². The SMILES string of the molecule is CC(CO)CCCNCc1nccs1. The number of aromatic nitrogens is 1. The molecule has 0 saturated carbocycles. The molecule has 0 spiro atoms. The monoisotopic (exact) mass is 214 g/mol. The Morgan fingerprint density at radius 2 is 2.50 bits per heavy atom. The van der Waals surface area contributed by atoms with Crippen LogP contribution in [0.4, 0.5) is 0 Å². The van der Waals surface area contributed by atoms with E-state index in [0.717, 1.165) is 30.9 Å². The second-order valence-corrected chi connectivity index (χ2v) is 4.51. The van der Waals surface area contributed by atoms with Gasteiger partial charge >= 0.3 is 0 Å². The molecule has 0 fully saturated rings. The molecule has 0 saturated heterocycles. The van der Waals surface area contributed by atoms with E-state index in [0.29, 0.717) is 12.5 Å². The van der Waals surface area contributed by atoms with Crippen LogP contribution < -0.4 is 5.32 Å². The van der Waals surface area contributed by atoms with Gasteiger partial charge in [0.25, 0.3) is 0 Å². The third kappa shape index (κ3) is 4.69. The van der Waals surface area contributed by atoms with Crippen LogP contribution in [0.1, 0.15) is 24.8 Å². The molecule has 0 bridgehead atoms. The molecule has 0 amide bonds. The van der Waals surface area contributed by atoms with Gasteiger partial charge in [-0.25, -0.2) is 4.98 Å². The fourth-order valence-corrected chi connectivity index (χ4v) is 1.79. The third-order valence-corrected chi connectivity index (χ3v) is 2.90. The van der Waals surface area contributed by atoms with E-state index >= 15 is 0 Å². The zero-order valence-electron chi connectivity index (χ0n) is 8.57. The molecule has 1 rings (SSSR count). The summed E-state index contributed by atoms with van der Waals surface area (Å²) in [7, 11) is 0. The first-order valence-corrected chi connectivity index (χ1v) is 5.91. The lowest BCUT2D eigenvalue weighted by Gasteiger charge is -2.07. The Balaban J connectivity index is 1.95. The maximum Gasteiger partial charge on any atom is 0.106 e. The maximum absolute atomic E-state index is 8.81. The van der Waals surface area contributed by atoms with Crippen LogP contribution in [0.2, 0.25) is 0 Å². The molecular weight excluding hydrogens is 196 g/mol. The minimum atomic E-state index is 0.298. The Morgan fingerprint density at radius 3 is 3.14 bits per heavy atom. The zero-order chi connectivity index (χ0) is 10.2. The summed E-state index contributed by atoms with van der Waals surface area (Å²) in [5.41, 5.74) is 0. The minimum absolute atomic E-state index is 0.298. The average Bonchev–Trinajstić information content (AvgIpc) is 2.69. The predicted molar refractivity (Wildman–Crippen MR) is 59.3 cm³/mol. The van der Waals surface area contributed by atoms with Crippen LogP contribution in [0.15, 0.2) is 11.6 Å². The van der Waals surface area contributed by atoms with E-state index in [2.05, 4.69) is 17.2 Å². The van der Waals surface area contributed by atoms with E-state index < -0.39 is 0 Å². The van der Waals surface area contributed by atoms with E-state index in [-0.39, 0.29) is 0 Å². The van der Waals surface area contributed by atoms with Crippen molar-refractivity contribution in [2.75, 3.05) is 13.2 Å². The van der Waals surface area contributed by atoms with Gasteiger partial charge < -0.3 is 10.4 Å². The first kappa shape index (κ1) is 11.6. The molecule has 0 aliphatic heterocycles. The van der Waals surface area contributed by atoms with Crippen LogP contribution in [-0.4, -0.2) is 23.2 Å². The molecule has 0 aliphatic carbocycles. The number of aliphatic hydroxyl groups is 1. The third-order valence-electron chi connectivity index (χ3n) is 2.12. The normalized spacial score (nSPS) is 13.0. The molecule has 3 nitrogen and oxygen atoms in total. The van der Waals surface area contributed by atoms with Gasteiger partial charge in [-0.1, -0.05) is 6.92 Å². The van der Waals surface area contributed by atoms with Crippen LogP contribution in [-0.2, 0) is 6.54 Å². The molecule has 80 valence electrons. The molecule has 1 aromatic heterocycles. The molecule has 0 aromatic carbocycles. The van der Waals surface area contributed by atoms with Crippen molar-refractivity contribution in [1.29, 1.82) is 0 Å². The van der Waals surface area contributed by atoms with E-state index in [1.54, 1.807) is 11.3 Å². The summed E-state index contributed by atoms with van der Waals surface area (Å²) in [4.78, 5) is 4.18. The van der Waals surface area contributed by atoms with Crippen LogP contribution >= 0.6 is 11.3 Å². The minimum Gasteiger partial charge on any atom is -0.396 e. The molecule has 2 N–H and O–H groups in total. The number of hydrogen-bond donors (Lipinski definition) is 2. The molecule has 1 unspecified atom stereocenters. The van der Waals surface area contributed by atoms with Gasteiger partial charge in [0.2, 0.25) is 0 Å². The highest BCUT2D eigenvalue weighted by Crippen LogP contribution is 2.04. The lowest BCUT2D eigenvalue weighted by Crippen LogP contribution is -2.15. The molecule has 0 aliphatic rings. The van der Waals surface area contributed by atoms with Crippen molar-refractivity contribution in [3.8, 4) is 0 Å². The quantitative estimate of drug-likeness (QED) is 0.678. The Morgan fingerprint density at radius 1 is 1.64 bits per heavy atom. The van der Waals surface area contributed by atoms with Crippen molar-refractivity contribution >= 4 is 11.3 Å². The van der Waals surface area contributed by atoms with E-state index in [1.807, 2.05) is 11.6 Å². The molecule has 1 heterocycles. The van der Waals surface area contributed by atoms with Crippen molar-refractivity contribution in [3.05, 3.63) is 16.6 Å². The van der Waals surface area contributed by atoms with Crippen LogP contribution in [0.3, 0.4) is 0 Å². The van der Waals surface area contributed by atoms with Crippen molar-refractivity contribution in [3.63, 3.8) is 0 Å². The van der Waals surface area contributed by atoms with Gasteiger partial charge in [0.1, 0.15) is 5.01 Å². The fourth-order valence-electron chi connectivity index (χ4n) is 1.20. The van der Waals surface area contributed by atoms with Gasteiger partial charge in [-0.05, 0) is 25.3 Å². The zero-order valence-corrected chi connectivity index (χ0v) is 9.39. The number of aliphatic hydroxyl groups excluding tert-OH is 1. The smallest absolute Gasteiger partial charge is 0.106 e. The lowest BCUT2D eigenvalue weighted by molar-refractivity contribution is 0.228. The first-order chi connectivity index (χ1) is 6.83. The molecule has 4 heteroatoms. The predicted octanol–water partition coefficient (Wildman–Crippen LogP) is 1.64. The summed E-state index contributed by atoms with van der Waals surface area (Å²) < 4.78 is 0. The fraction of sp³-hybridized carbons (Fsp3) is 0.700. The Kier molecular flexibility index (Phi) is 5.75. The second-order valence-electron chi connectivity index (χ2n) is 3.53. The summed E-state index contributed by atoms with van der Waals surface area (Å²) in [6.07, 6.45) is 4.03. The van der Waals surface area contributed by atoms with Crippen molar-refractivity contribution in [2.24, 2.45) is 5.92 Å². The van der Waals surface area contributed by atoms with Crippen LogP contribution in [0.5, 0.6) is 0 Å². The largest absolute Gasteiger partial charge is 0.396 e. The van der Waals surface area contributed by atoms with E-state index in [9.17, 15) is 0 Å². The van der Waals surface area contributed by atoms with E-state index in [4.69, 9.17) is 5.11 Å². The van der Waals surface area contributed by atoms with Crippen LogP contribution in [0.25, 0.3) is 0 Å². The number of rotatable bonds is 7. The molecule has 1 aromatic rings. The molecule has 0 radical (unpaired) electrons. The summed E-state index contributed by atoms with van der Waals surface area (Å²) in [5, 5.41) is 15.3. The Bertz CT molecular complexity index is 226.